The third kappa shape index (κ3) is 5.91. The maximum Gasteiger partial charge on any atom is 0.315 e. The van der Waals surface area contributed by atoms with Crippen LogP contribution in [0.4, 0.5) is 0 Å². The standard InChI is InChI=1S/C14H12O2.C8H8O2/c15-14(16)13(11-7-3-1-4-8-11)12-9-5-2-6-10-12;9-8(10)6-7-4-2-1-3-5-7/h1-10,13H,(H,15,16);1-5H,6H2,(H,9,10). The van der Waals surface area contributed by atoms with E-state index in [9.17, 15) is 14.7 Å². The number of hydrogen-bond donors (Lipinski definition) is 2. The van der Waals surface area contributed by atoms with E-state index in [0.29, 0.717) is 0 Å². The first-order chi connectivity index (χ1) is 12.6. The van der Waals surface area contributed by atoms with Crippen molar-refractivity contribution in [1.82, 2.24) is 0 Å². The van der Waals surface area contributed by atoms with E-state index in [-0.39, 0.29) is 6.42 Å². The topological polar surface area (TPSA) is 74.6 Å². The smallest absolute Gasteiger partial charge is 0.315 e. The summed E-state index contributed by atoms with van der Waals surface area (Å²) < 4.78 is 0. The molecule has 2 N–H and O–H groups in total. The van der Waals surface area contributed by atoms with E-state index in [4.69, 9.17) is 5.11 Å². The molecular weight excluding hydrogens is 328 g/mol. The Morgan fingerprint density at radius 2 is 1.04 bits per heavy atom. The van der Waals surface area contributed by atoms with Crippen molar-refractivity contribution in [2.45, 2.75) is 12.3 Å². The molecule has 132 valence electrons. The van der Waals surface area contributed by atoms with Gasteiger partial charge in [0.1, 0.15) is 5.92 Å². The maximum absolute atomic E-state index is 11.3. The molecule has 26 heavy (non-hydrogen) atoms. The molecule has 0 radical (unpaired) electrons. The second-order valence-electron chi connectivity index (χ2n) is 5.65. The molecule has 0 saturated carbocycles. The summed E-state index contributed by atoms with van der Waals surface area (Å²) >= 11 is 0. The minimum Gasteiger partial charge on any atom is -0.481 e. The van der Waals surface area contributed by atoms with Crippen LogP contribution in [0.3, 0.4) is 0 Å². The van der Waals surface area contributed by atoms with Crippen LogP contribution in [-0.2, 0) is 16.0 Å². The van der Waals surface area contributed by atoms with Crippen LogP contribution in [0.5, 0.6) is 0 Å². The van der Waals surface area contributed by atoms with Gasteiger partial charge in [0.25, 0.3) is 0 Å². The third-order valence-electron chi connectivity index (χ3n) is 3.71. The Morgan fingerprint density at radius 1 is 0.654 bits per heavy atom. The lowest BCUT2D eigenvalue weighted by molar-refractivity contribution is -0.138. The molecule has 0 spiro atoms. The molecule has 4 heteroatoms. The molecule has 0 bridgehead atoms. The predicted molar refractivity (Wildman–Crippen MR) is 100 cm³/mol. The summed E-state index contributed by atoms with van der Waals surface area (Å²) in [5, 5.41) is 17.6. The number of aliphatic carboxylic acids is 2. The Morgan fingerprint density at radius 3 is 1.38 bits per heavy atom. The summed E-state index contributed by atoms with van der Waals surface area (Å²) in [7, 11) is 0. The van der Waals surface area contributed by atoms with Crippen LogP contribution < -0.4 is 0 Å². The third-order valence-corrected chi connectivity index (χ3v) is 3.71. The molecule has 0 amide bonds. The fourth-order valence-corrected chi connectivity index (χ4v) is 2.54. The first-order valence-electron chi connectivity index (χ1n) is 8.16. The van der Waals surface area contributed by atoms with Gasteiger partial charge in [-0.05, 0) is 16.7 Å². The van der Waals surface area contributed by atoms with Crippen LogP contribution >= 0.6 is 0 Å². The van der Waals surface area contributed by atoms with Crippen molar-refractivity contribution in [3.63, 3.8) is 0 Å². The maximum atomic E-state index is 11.3. The van der Waals surface area contributed by atoms with Crippen molar-refractivity contribution in [3.05, 3.63) is 108 Å². The van der Waals surface area contributed by atoms with E-state index in [1.807, 2.05) is 78.9 Å². The molecule has 4 nitrogen and oxygen atoms in total. The van der Waals surface area contributed by atoms with Crippen LogP contribution in [0.25, 0.3) is 0 Å². The molecule has 0 aliphatic carbocycles. The lowest BCUT2D eigenvalue weighted by atomic mass is 9.92. The van der Waals surface area contributed by atoms with Gasteiger partial charge in [-0.3, -0.25) is 9.59 Å². The Kier molecular flexibility index (Phi) is 7.13. The van der Waals surface area contributed by atoms with E-state index < -0.39 is 17.9 Å². The molecule has 0 aliphatic rings. The number of carbonyl (C=O) groups is 2. The summed E-state index contributed by atoms with van der Waals surface area (Å²) in [4.78, 5) is 21.5. The van der Waals surface area contributed by atoms with E-state index in [1.54, 1.807) is 12.1 Å². The van der Waals surface area contributed by atoms with E-state index >= 15 is 0 Å². The molecule has 0 aromatic heterocycles. The first kappa shape index (κ1) is 18.9. The quantitative estimate of drug-likeness (QED) is 0.724. The highest BCUT2D eigenvalue weighted by molar-refractivity contribution is 5.80. The van der Waals surface area contributed by atoms with Gasteiger partial charge in [0.05, 0.1) is 6.42 Å². The fraction of sp³-hybridized carbons (Fsp3) is 0.0909. The highest BCUT2D eigenvalue weighted by Crippen LogP contribution is 2.24. The highest BCUT2D eigenvalue weighted by Gasteiger charge is 2.21. The second-order valence-corrected chi connectivity index (χ2v) is 5.65. The number of hydrogen-bond acceptors (Lipinski definition) is 2. The predicted octanol–water partition coefficient (Wildman–Crippen LogP) is 4.22. The SMILES string of the molecule is O=C(O)C(c1ccccc1)c1ccccc1.O=C(O)Cc1ccccc1. The molecular formula is C22H20O4. The van der Waals surface area contributed by atoms with Crippen molar-refractivity contribution in [2.75, 3.05) is 0 Å². The van der Waals surface area contributed by atoms with Gasteiger partial charge < -0.3 is 10.2 Å². The number of rotatable bonds is 5. The molecule has 3 aromatic carbocycles. The van der Waals surface area contributed by atoms with Crippen LogP contribution in [0.2, 0.25) is 0 Å². The number of carboxylic acid groups (broad SMARTS) is 2. The molecule has 0 aliphatic heterocycles. The van der Waals surface area contributed by atoms with Crippen molar-refractivity contribution in [2.24, 2.45) is 0 Å². The molecule has 3 rings (SSSR count). The zero-order chi connectivity index (χ0) is 18.8. The van der Waals surface area contributed by atoms with E-state index in [1.165, 1.54) is 0 Å². The number of benzene rings is 3. The fourth-order valence-electron chi connectivity index (χ4n) is 2.54. The summed E-state index contributed by atoms with van der Waals surface area (Å²) in [5.41, 5.74) is 2.46. The average Bonchev–Trinajstić information content (AvgIpc) is 2.64. The van der Waals surface area contributed by atoms with Crippen molar-refractivity contribution in [1.29, 1.82) is 0 Å². The molecule has 3 aromatic rings. The summed E-state index contributed by atoms with van der Waals surface area (Å²) in [6, 6.07) is 27.7. The minimum absolute atomic E-state index is 0.112. The molecule has 0 heterocycles. The second kappa shape index (κ2) is 9.79. The lowest BCUT2D eigenvalue weighted by Crippen LogP contribution is -2.12. The molecule has 0 unspecified atom stereocenters. The Hall–Kier alpha value is -3.40. The highest BCUT2D eigenvalue weighted by atomic mass is 16.4. The van der Waals surface area contributed by atoms with Gasteiger partial charge in [-0.15, -0.1) is 0 Å². The molecule has 0 atom stereocenters. The minimum atomic E-state index is -0.822. The monoisotopic (exact) mass is 348 g/mol. The zero-order valence-electron chi connectivity index (χ0n) is 14.2. The van der Waals surface area contributed by atoms with Crippen molar-refractivity contribution >= 4 is 11.9 Å². The Bertz CT molecular complexity index is 775. The van der Waals surface area contributed by atoms with Crippen LogP contribution in [-0.4, -0.2) is 22.2 Å². The molecule has 0 fully saturated rings. The van der Waals surface area contributed by atoms with E-state index in [2.05, 4.69) is 0 Å². The normalized spacial score (nSPS) is 9.88. The van der Waals surface area contributed by atoms with Crippen LogP contribution in [0.15, 0.2) is 91.0 Å². The summed E-state index contributed by atoms with van der Waals surface area (Å²) in [6.45, 7) is 0. The van der Waals surface area contributed by atoms with Gasteiger partial charge in [0.15, 0.2) is 0 Å². The Balaban J connectivity index is 0.000000209. The van der Waals surface area contributed by atoms with Crippen molar-refractivity contribution < 1.29 is 19.8 Å². The first-order valence-corrected chi connectivity index (χ1v) is 8.16. The van der Waals surface area contributed by atoms with Gasteiger partial charge in [0.2, 0.25) is 0 Å². The van der Waals surface area contributed by atoms with E-state index in [0.717, 1.165) is 16.7 Å². The summed E-state index contributed by atoms with van der Waals surface area (Å²) in [5.74, 6) is -2.19. The summed E-state index contributed by atoms with van der Waals surface area (Å²) in [6.07, 6.45) is 0.112. The van der Waals surface area contributed by atoms with Gasteiger partial charge in [0, 0.05) is 0 Å². The average molecular weight is 348 g/mol. The van der Waals surface area contributed by atoms with Gasteiger partial charge in [-0.1, -0.05) is 91.0 Å². The largest absolute Gasteiger partial charge is 0.481 e. The van der Waals surface area contributed by atoms with Gasteiger partial charge >= 0.3 is 11.9 Å². The number of carboxylic acids is 2. The van der Waals surface area contributed by atoms with Crippen LogP contribution in [0, 0.1) is 0 Å². The zero-order valence-corrected chi connectivity index (χ0v) is 14.2. The molecule has 0 saturated heterocycles. The van der Waals surface area contributed by atoms with Gasteiger partial charge in [-0.25, -0.2) is 0 Å². The van der Waals surface area contributed by atoms with Crippen LogP contribution in [0.1, 0.15) is 22.6 Å². The Labute approximate surface area is 152 Å². The van der Waals surface area contributed by atoms with Gasteiger partial charge in [-0.2, -0.15) is 0 Å². The van der Waals surface area contributed by atoms with Crippen molar-refractivity contribution in [3.8, 4) is 0 Å². The lowest BCUT2D eigenvalue weighted by Gasteiger charge is -2.12.